The Kier molecular flexibility index (Phi) is 1.90. The van der Waals surface area contributed by atoms with E-state index in [1.165, 1.54) is 5.56 Å². The first-order valence-electron chi connectivity index (χ1n) is 3.50. The predicted molar refractivity (Wildman–Crippen MR) is 46.4 cm³/mol. The maximum Gasteiger partial charge on any atom is 0.115 e. The molecule has 0 N–H and O–H groups in total. The second-order valence-electron chi connectivity index (χ2n) is 2.44. The zero-order chi connectivity index (χ0) is 7.52. The first-order chi connectivity index (χ1) is 5.47. The topological polar surface area (TPSA) is 25.8 Å². The van der Waals surface area contributed by atoms with Gasteiger partial charge in [-0.2, -0.15) is 0 Å². The van der Waals surface area contributed by atoms with Crippen LogP contribution < -0.4 is 0 Å². The zero-order valence-electron chi connectivity index (χ0n) is 5.97. The highest BCUT2D eigenvalue weighted by molar-refractivity contribution is 8.02. The molecule has 1 aromatic heterocycles. The van der Waals surface area contributed by atoms with Crippen molar-refractivity contribution in [2.24, 2.45) is 0 Å². The molecule has 0 fully saturated rings. The van der Waals surface area contributed by atoms with Crippen LogP contribution in [-0.2, 0) is 0 Å². The summed E-state index contributed by atoms with van der Waals surface area (Å²) in [5, 5.41) is 2.14. The largest absolute Gasteiger partial charge is 0.245 e. The third kappa shape index (κ3) is 1.43. The van der Waals surface area contributed by atoms with Crippen molar-refractivity contribution in [3.8, 4) is 0 Å². The van der Waals surface area contributed by atoms with E-state index >= 15 is 0 Å². The van der Waals surface area contributed by atoms with Crippen molar-refractivity contribution < 1.29 is 0 Å². The van der Waals surface area contributed by atoms with Gasteiger partial charge in [-0.15, -0.1) is 11.8 Å². The third-order valence-corrected chi connectivity index (χ3v) is 2.59. The fraction of sp³-hybridized carbons (Fsp3) is 0.250. The van der Waals surface area contributed by atoms with E-state index in [0.717, 1.165) is 5.75 Å². The van der Waals surface area contributed by atoms with E-state index in [9.17, 15) is 0 Å². The van der Waals surface area contributed by atoms with Gasteiger partial charge in [-0.3, -0.25) is 0 Å². The van der Waals surface area contributed by atoms with Gasteiger partial charge in [0.15, 0.2) is 0 Å². The second-order valence-corrected chi connectivity index (χ2v) is 3.38. The maximum atomic E-state index is 3.98. The SMILES string of the molecule is C1=CC(c2cncnc2)CS1. The summed E-state index contributed by atoms with van der Waals surface area (Å²) in [5.41, 5.74) is 1.22. The predicted octanol–water partition coefficient (Wildman–Crippen LogP) is 1.82. The van der Waals surface area contributed by atoms with Crippen LogP contribution in [0.3, 0.4) is 0 Å². The van der Waals surface area contributed by atoms with Crippen molar-refractivity contribution in [1.82, 2.24) is 9.97 Å². The number of allylic oxidation sites excluding steroid dienone is 1. The number of hydrogen-bond acceptors (Lipinski definition) is 3. The molecule has 0 spiro atoms. The van der Waals surface area contributed by atoms with Gasteiger partial charge in [0.25, 0.3) is 0 Å². The summed E-state index contributed by atoms with van der Waals surface area (Å²) in [6.45, 7) is 0. The van der Waals surface area contributed by atoms with Gasteiger partial charge in [0.1, 0.15) is 6.33 Å². The molecule has 0 aromatic carbocycles. The molecule has 0 aliphatic carbocycles. The van der Waals surface area contributed by atoms with Gasteiger partial charge in [0.05, 0.1) is 0 Å². The van der Waals surface area contributed by atoms with Crippen molar-refractivity contribution in [2.75, 3.05) is 5.75 Å². The van der Waals surface area contributed by atoms with Crippen LogP contribution in [0.25, 0.3) is 0 Å². The summed E-state index contributed by atoms with van der Waals surface area (Å²) in [7, 11) is 0. The highest BCUT2D eigenvalue weighted by Gasteiger charge is 2.11. The van der Waals surface area contributed by atoms with E-state index in [0.29, 0.717) is 5.92 Å². The van der Waals surface area contributed by atoms with Crippen molar-refractivity contribution in [3.63, 3.8) is 0 Å². The Labute approximate surface area is 69.8 Å². The van der Waals surface area contributed by atoms with Gasteiger partial charge in [0.2, 0.25) is 0 Å². The molecule has 1 aromatic rings. The minimum atomic E-state index is 0.529. The van der Waals surface area contributed by atoms with Gasteiger partial charge < -0.3 is 0 Å². The van der Waals surface area contributed by atoms with Crippen molar-refractivity contribution >= 4 is 11.8 Å². The summed E-state index contributed by atoms with van der Waals surface area (Å²) >= 11 is 1.84. The van der Waals surface area contributed by atoms with Gasteiger partial charge in [-0.05, 0) is 11.0 Å². The Bertz CT molecular complexity index is 258. The molecule has 1 atom stereocenters. The van der Waals surface area contributed by atoms with Crippen LogP contribution in [0.4, 0.5) is 0 Å². The quantitative estimate of drug-likeness (QED) is 0.633. The van der Waals surface area contributed by atoms with Crippen molar-refractivity contribution in [1.29, 1.82) is 0 Å². The zero-order valence-corrected chi connectivity index (χ0v) is 6.79. The minimum Gasteiger partial charge on any atom is -0.245 e. The summed E-state index contributed by atoms with van der Waals surface area (Å²) in [5.74, 6) is 1.66. The Morgan fingerprint density at radius 2 is 2.18 bits per heavy atom. The molecule has 2 heterocycles. The lowest BCUT2D eigenvalue weighted by Gasteiger charge is -2.03. The minimum absolute atomic E-state index is 0.529. The Morgan fingerprint density at radius 1 is 1.36 bits per heavy atom. The van der Waals surface area contributed by atoms with Crippen LogP contribution in [0.1, 0.15) is 11.5 Å². The number of aromatic nitrogens is 2. The fourth-order valence-corrected chi connectivity index (χ4v) is 2.00. The summed E-state index contributed by atoms with van der Waals surface area (Å²) in [4.78, 5) is 7.95. The van der Waals surface area contributed by atoms with Crippen LogP contribution in [0.5, 0.6) is 0 Å². The van der Waals surface area contributed by atoms with Gasteiger partial charge >= 0.3 is 0 Å². The average Bonchev–Trinajstić information content (AvgIpc) is 2.58. The van der Waals surface area contributed by atoms with Crippen LogP contribution >= 0.6 is 11.8 Å². The highest BCUT2D eigenvalue weighted by atomic mass is 32.2. The number of rotatable bonds is 1. The molecular weight excluding hydrogens is 156 g/mol. The van der Waals surface area contributed by atoms with E-state index in [2.05, 4.69) is 21.5 Å². The first-order valence-corrected chi connectivity index (χ1v) is 4.55. The molecule has 56 valence electrons. The third-order valence-electron chi connectivity index (χ3n) is 1.69. The lowest BCUT2D eigenvalue weighted by molar-refractivity contribution is 0.955. The Balaban J connectivity index is 2.23. The monoisotopic (exact) mass is 164 g/mol. The Morgan fingerprint density at radius 3 is 2.82 bits per heavy atom. The standard InChI is InChI=1S/C8H8N2S/c1-2-11-5-7(1)8-3-9-6-10-4-8/h1-4,6-7H,5H2. The van der Waals surface area contributed by atoms with E-state index in [4.69, 9.17) is 0 Å². The highest BCUT2D eigenvalue weighted by Crippen LogP contribution is 2.28. The van der Waals surface area contributed by atoms with Crippen LogP contribution in [0.15, 0.2) is 30.2 Å². The molecule has 1 aliphatic rings. The first kappa shape index (κ1) is 6.85. The number of hydrogen-bond donors (Lipinski definition) is 0. The summed E-state index contributed by atoms with van der Waals surface area (Å²) in [6, 6.07) is 0. The van der Waals surface area contributed by atoms with Crippen LogP contribution in [0, 0.1) is 0 Å². The van der Waals surface area contributed by atoms with Crippen LogP contribution in [-0.4, -0.2) is 15.7 Å². The van der Waals surface area contributed by atoms with E-state index < -0.39 is 0 Å². The number of nitrogens with zero attached hydrogens (tertiary/aromatic N) is 2. The average molecular weight is 164 g/mol. The normalized spacial score (nSPS) is 22.4. The second kappa shape index (κ2) is 3.05. The number of thioether (sulfide) groups is 1. The molecule has 11 heavy (non-hydrogen) atoms. The van der Waals surface area contributed by atoms with E-state index in [1.807, 2.05) is 24.2 Å². The molecule has 0 saturated carbocycles. The Hall–Kier alpha value is -0.830. The molecule has 0 amide bonds. The maximum absolute atomic E-state index is 3.98. The van der Waals surface area contributed by atoms with Gasteiger partial charge in [0, 0.05) is 24.1 Å². The summed E-state index contributed by atoms with van der Waals surface area (Å²) in [6.07, 6.45) is 7.53. The molecule has 0 bridgehead atoms. The van der Waals surface area contributed by atoms with Gasteiger partial charge in [-0.1, -0.05) is 6.08 Å². The molecule has 1 aliphatic heterocycles. The summed E-state index contributed by atoms with van der Waals surface area (Å²) < 4.78 is 0. The molecule has 0 saturated heterocycles. The molecular formula is C8H8N2S. The molecule has 2 rings (SSSR count). The van der Waals surface area contributed by atoms with Crippen molar-refractivity contribution in [2.45, 2.75) is 5.92 Å². The molecule has 3 heteroatoms. The van der Waals surface area contributed by atoms with Crippen molar-refractivity contribution in [3.05, 3.63) is 35.8 Å². The fourth-order valence-electron chi connectivity index (χ4n) is 1.07. The lowest BCUT2D eigenvalue weighted by atomic mass is 10.1. The smallest absolute Gasteiger partial charge is 0.115 e. The van der Waals surface area contributed by atoms with E-state index in [1.54, 1.807) is 6.33 Å². The van der Waals surface area contributed by atoms with E-state index in [-0.39, 0.29) is 0 Å². The van der Waals surface area contributed by atoms with Gasteiger partial charge in [-0.25, -0.2) is 9.97 Å². The molecule has 0 radical (unpaired) electrons. The molecule has 2 nitrogen and oxygen atoms in total. The molecule has 1 unspecified atom stereocenters. The lowest BCUT2D eigenvalue weighted by Crippen LogP contribution is -1.95. The van der Waals surface area contributed by atoms with Crippen LogP contribution in [0.2, 0.25) is 0 Å².